The molecule has 0 heterocycles. The fraction of sp³-hybridized carbons (Fsp3) is 0.933. The summed E-state index contributed by atoms with van der Waals surface area (Å²) in [5.41, 5.74) is -0.899. The van der Waals surface area contributed by atoms with Crippen LogP contribution in [0.15, 0.2) is 0 Å². The predicted molar refractivity (Wildman–Crippen MR) is 86.5 cm³/mol. The number of amides is 1. The van der Waals surface area contributed by atoms with E-state index in [1.165, 1.54) is 0 Å². The number of ether oxygens (including phenoxy) is 2. The zero-order chi connectivity index (χ0) is 15.8. The van der Waals surface area contributed by atoms with E-state index >= 15 is 0 Å². The SMILES string of the molecule is CCCC(C)COC(C)(CBr)CNC(=O)OC(C)(C)C. The molecule has 0 radical (unpaired) electrons. The minimum Gasteiger partial charge on any atom is -0.444 e. The van der Waals surface area contributed by atoms with Gasteiger partial charge in [0.25, 0.3) is 0 Å². The second-order valence-electron chi connectivity index (χ2n) is 6.64. The molecule has 2 unspecified atom stereocenters. The Bertz CT molecular complexity index is 291. The number of alkyl halides is 1. The lowest BCUT2D eigenvalue weighted by molar-refractivity contribution is -0.0304. The first-order valence-corrected chi connectivity index (χ1v) is 8.41. The van der Waals surface area contributed by atoms with E-state index in [9.17, 15) is 4.79 Å². The van der Waals surface area contributed by atoms with Gasteiger partial charge in [-0.3, -0.25) is 0 Å². The molecule has 0 aromatic heterocycles. The monoisotopic (exact) mass is 351 g/mol. The van der Waals surface area contributed by atoms with Crippen molar-refractivity contribution < 1.29 is 14.3 Å². The summed E-state index contributed by atoms with van der Waals surface area (Å²) in [6.07, 6.45) is 1.90. The number of carbonyl (C=O) groups is 1. The summed E-state index contributed by atoms with van der Waals surface area (Å²) in [6.45, 7) is 13.0. The molecule has 120 valence electrons. The standard InChI is InChI=1S/C15H30BrNO3/c1-7-8-12(2)9-19-15(6,10-16)11-17-13(18)20-14(3,4)5/h12H,7-11H2,1-6H3,(H,17,18). The van der Waals surface area contributed by atoms with Crippen molar-refractivity contribution in [3.05, 3.63) is 0 Å². The number of halogens is 1. The minimum atomic E-state index is -0.481. The van der Waals surface area contributed by atoms with Gasteiger partial charge in [0.2, 0.25) is 0 Å². The van der Waals surface area contributed by atoms with Gasteiger partial charge in [-0.25, -0.2) is 4.79 Å². The molecule has 0 rings (SSSR count). The van der Waals surface area contributed by atoms with Crippen LogP contribution in [0.25, 0.3) is 0 Å². The van der Waals surface area contributed by atoms with Crippen LogP contribution in [0, 0.1) is 5.92 Å². The summed E-state index contributed by atoms with van der Waals surface area (Å²) >= 11 is 3.46. The number of nitrogens with one attached hydrogen (secondary N) is 1. The maximum atomic E-state index is 11.7. The maximum absolute atomic E-state index is 11.7. The zero-order valence-corrected chi connectivity index (χ0v) is 15.3. The van der Waals surface area contributed by atoms with E-state index in [0.717, 1.165) is 12.8 Å². The van der Waals surface area contributed by atoms with E-state index in [1.54, 1.807) is 0 Å². The Balaban J connectivity index is 4.20. The highest BCUT2D eigenvalue weighted by Crippen LogP contribution is 2.17. The Kier molecular flexibility index (Phi) is 8.75. The summed E-state index contributed by atoms with van der Waals surface area (Å²) < 4.78 is 11.2. The lowest BCUT2D eigenvalue weighted by atomic mass is 10.1. The van der Waals surface area contributed by atoms with Crippen molar-refractivity contribution in [2.24, 2.45) is 5.92 Å². The quantitative estimate of drug-likeness (QED) is 0.669. The first-order valence-electron chi connectivity index (χ1n) is 7.28. The Hall–Kier alpha value is -0.290. The molecule has 20 heavy (non-hydrogen) atoms. The van der Waals surface area contributed by atoms with Crippen molar-refractivity contribution in [2.45, 2.75) is 65.6 Å². The van der Waals surface area contributed by atoms with Crippen LogP contribution in [0.4, 0.5) is 4.79 Å². The molecule has 1 N–H and O–H groups in total. The van der Waals surface area contributed by atoms with Crippen LogP contribution < -0.4 is 5.32 Å². The number of rotatable bonds is 8. The summed E-state index contributed by atoms with van der Waals surface area (Å²) in [5, 5.41) is 3.43. The van der Waals surface area contributed by atoms with Gasteiger partial charge in [-0.05, 0) is 40.0 Å². The molecular formula is C15H30BrNO3. The molecule has 5 heteroatoms. The number of hydrogen-bond donors (Lipinski definition) is 1. The van der Waals surface area contributed by atoms with E-state index in [0.29, 0.717) is 24.4 Å². The van der Waals surface area contributed by atoms with E-state index in [4.69, 9.17) is 9.47 Å². The van der Waals surface area contributed by atoms with E-state index in [-0.39, 0.29) is 0 Å². The molecule has 0 spiro atoms. The molecule has 0 aliphatic rings. The Morgan fingerprint density at radius 1 is 1.30 bits per heavy atom. The van der Waals surface area contributed by atoms with Crippen LogP contribution in [0.1, 0.15) is 54.4 Å². The average Bonchev–Trinajstić information content (AvgIpc) is 2.32. The number of alkyl carbamates (subject to hydrolysis) is 1. The maximum Gasteiger partial charge on any atom is 0.407 e. The second kappa shape index (κ2) is 8.88. The molecule has 0 saturated heterocycles. The lowest BCUT2D eigenvalue weighted by Crippen LogP contribution is -2.46. The molecule has 0 saturated carbocycles. The lowest BCUT2D eigenvalue weighted by Gasteiger charge is -2.30. The zero-order valence-electron chi connectivity index (χ0n) is 13.7. The topological polar surface area (TPSA) is 47.6 Å². The predicted octanol–water partition coefficient (Wildman–Crippen LogP) is 4.12. The normalized spacial score (nSPS) is 16.4. The number of hydrogen-bond acceptors (Lipinski definition) is 3. The van der Waals surface area contributed by atoms with Crippen molar-refractivity contribution in [1.82, 2.24) is 5.32 Å². The van der Waals surface area contributed by atoms with Crippen LogP contribution >= 0.6 is 15.9 Å². The highest BCUT2D eigenvalue weighted by atomic mass is 79.9. The third-order valence-corrected chi connectivity index (χ3v) is 3.97. The average molecular weight is 352 g/mol. The van der Waals surface area contributed by atoms with E-state index < -0.39 is 17.3 Å². The van der Waals surface area contributed by atoms with Crippen molar-refractivity contribution in [3.63, 3.8) is 0 Å². The molecule has 0 fully saturated rings. The largest absolute Gasteiger partial charge is 0.444 e. The summed E-state index contributed by atoms with van der Waals surface area (Å²) in [5.74, 6) is 0.528. The smallest absolute Gasteiger partial charge is 0.407 e. The van der Waals surface area contributed by atoms with Crippen LogP contribution in [0.5, 0.6) is 0 Å². The van der Waals surface area contributed by atoms with Crippen molar-refractivity contribution >= 4 is 22.0 Å². The van der Waals surface area contributed by atoms with Gasteiger partial charge in [-0.1, -0.05) is 36.2 Å². The Labute approximate surface area is 132 Å². The van der Waals surface area contributed by atoms with Crippen molar-refractivity contribution in [1.29, 1.82) is 0 Å². The van der Waals surface area contributed by atoms with Gasteiger partial charge in [0.15, 0.2) is 0 Å². The third-order valence-electron chi connectivity index (χ3n) is 2.79. The molecule has 0 aromatic carbocycles. The molecule has 2 atom stereocenters. The van der Waals surface area contributed by atoms with Crippen molar-refractivity contribution in [2.75, 3.05) is 18.5 Å². The van der Waals surface area contributed by atoms with Crippen LogP contribution in [0.2, 0.25) is 0 Å². The van der Waals surface area contributed by atoms with Gasteiger partial charge >= 0.3 is 6.09 Å². The molecule has 4 nitrogen and oxygen atoms in total. The number of carbonyl (C=O) groups excluding carboxylic acids is 1. The van der Waals surface area contributed by atoms with E-state index in [2.05, 4.69) is 35.1 Å². The Morgan fingerprint density at radius 3 is 2.35 bits per heavy atom. The fourth-order valence-corrected chi connectivity index (χ4v) is 1.99. The molecule has 1 amide bonds. The molecule has 0 aliphatic carbocycles. The first kappa shape index (κ1) is 19.7. The highest BCUT2D eigenvalue weighted by molar-refractivity contribution is 9.09. The van der Waals surface area contributed by atoms with Crippen LogP contribution in [0.3, 0.4) is 0 Å². The fourth-order valence-electron chi connectivity index (χ4n) is 1.63. The van der Waals surface area contributed by atoms with Crippen molar-refractivity contribution in [3.8, 4) is 0 Å². The van der Waals surface area contributed by atoms with Gasteiger partial charge in [0.05, 0.1) is 12.1 Å². The van der Waals surface area contributed by atoms with Crippen LogP contribution in [-0.2, 0) is 9.47 Å². The Morgan fingerprint density at radius 2 is 1.90 bits per heavy atom. The summed E-state index contributed by atoms with van der Waals surface area (Å²) in [7, 11) is 0. The second-order valence-corrected chi connectivity index (χ2v) is 7.20. The van der Waals surface area contributed by atoms with E-state index in [1.807, 2.05) is 27.7 Å². The highest BCUT2D eigenvalue weighted by Gasteiger charge is 2.26. The molecule has 0 aromatic rings. The minimum absolute atomic E-state index is 0.408. The molecule has 0 bridgehead atoms. The van der Waals surface area contributed by atoms with Gasteiger partial charge in [0, 0.05) is 11.9 Å². The van der Waals surface area contributed by atoms with Crippen LogP contribution in [-0.4, -0.2) is 35.8 Å². The first-order chi connectivity index (χ1) is 9.12. The third kappa shape index (κ3) is 9.59. The van der Waals surface area contributed by atoms with Gasteiger partial charge in [-0.15, -0.1) is 0 Å². The van der Waals surface area contributed by atoms with Gasteiger partial charge < -0.3 is 14.8 Å². The van der Waals surface area contributed by atoms with Gasteiger partial charge in [-0.2, -0.15) is 0 Å². The molecular weight excluding hydrogens is 322 g/mol. The summed E-state index contributed by atoms with van der Waals surface area (Å²) in [6, 6.07) is 0. The molecule has 0 aliphatic heterocycles. The summed E-state index contributed by atoms with van der Waals surface area (Å²) in [4.78, 5) is 11.7. The van der Waals surface area contributed by atoms with Gasteiger partial charge in [0.1, 0.15) is 5.60 Å².